The number of nitrogens with zero attached hydrogens (tertiary/aromatic N) is 2. The molecule has 0 bridgehead atoms. The van der Waals surface area contributed by atoms with E-state index < -0.39 is 0 Å². The number of ether oxygens (including phenoxy) is 1. The largest absolute Gasteiger partial charge is 0.492 e. The molecule has 2 aromatic heterocycles. The molecule has 0 unspecified atom stereocenters. The Balaban J connectivity index is 1.45. The minimum Gasteiger partial charge on any atom is -0.492 e. The van der Waals surface area contributed by atoms with Crippen LogP contribution in [0.5, 0.6) is 5.75 Å². The maximum atomic E-state index is 12.8. The van der Waals surface area contributed by atoms with Gasteiger partial charge < -0.3 is 10.1 Å². The van der Waals surface area contributed by atoms with Crippen LogP contribution in [0.1, 0.15) is 34.9 Å². The summed E-state index contributed by atoms with van der Waals surface area (Å²) in [6.45, 7) is 0.802. The molecule has 26 heavy (non-hydrogen) atoms. The number of nitrogens with one attached hydrogen (secondary N) is 1. The molecule has 1 aliphatic rings. The van der Waals surface area contributed by atoms with E-state index in [2.05, 4.69) is 26.2 Å². The van der Waals surface area contributed by atoms with Crippen LogP contribution in [-0.4, -0.2) is 28.4 Å². The molecule has 5 nitrogen and oxygen atoms in total. The van der Waals surface area contributed by atoms with E-state index >= 15 is 0 Å². The van der Waals surface area contributed by atoms with Gasteiger partial charge in [0.25, 0.3) is 5.91 Å². The molecule has 1 N–H and O–H groups in total. The van der Waals surface area contributed by atoms with Gasteiger partial charge in [-0.15, -0.1) is 0 Å². The lowest BCUT2D eigenvalue weighted by Gasteiger charge is -2.09. The molecule has 0 aliphatic heterocycles. The third-order valence-electron chi connectivity index (χ3n) is 4.26. The fourth-order valence-electron chi connectivity index (χ4n) is 2.85. The Kier molecular flexibility index (Phi) is 4.87. The number of rotatable bonds is 6. The van der Waals surface area contributed by atoms with Crippen LogP contribution < -0.4 is 10.1 Å². The van der Waals surface area contributed by atoms with E-state index in [4.69, 9.17) is 16.3 Å². The number of benzene rings is 1. The lowest BCUT2D eigenvalue weighted by Crippen LogP contribution is -2.29. The number of hydrogen-bond donors (Lipinski definition) is 1. The number of carbonyl (C=O) groups is 1. The number of fused-ring (bicyclic) bond motifs is 1. The monoisotopic (exact) mass is 433 g/mol. The lowest BCUT2D eigenvalue weighted by atomic mass is 10.2. The highest BCUT2D eigenvalue weighted by Gasteiger charge is 2.32. The maximum Gasteiger partial charge on any atom is 0.270 e. The van der Waals surface area contributed by atoms with Crippen LogP contribution in [0.4, 0.5) is 0 Å². The Morgan fingerprint density at radius 3 is 2.77 bits per heavy atom. The average molecular weight is 435 g/mol. The number of aromatic nitrogens is 2. The van der Waals surface area contributed by atoms with Crippen molar-refractivity contribution >= 4 is 39.1 Å². The standard InChI is InChI=1S/C19H17BrClN3O2/c20-13-3-6-15(7-4-13)26-10-9-22-19(25)18-17(12-1-2-12)23-16-8-5-14(21)11-24(16)18/h3-8,11-12H,1-2,9-10H2,(H,22,25). The van der Waals surface area contributed by atoms with Crippen LogP contribution in [0.15, 0.2) is 47.1 Å². The Morgan fingerprint density at radius 2 is 2.04 bits per heavy atom. The third kappa shape index (κ3) is 3.71. The van der Waals surface area contributed by atoms with E-state index in [-0.39, 0.29) is 5.91 Å². The molecule has 134 valence electrons. The fraction of sp³-hybridized carbons (Fsp3) is 0.263. The molecule has 4 rings (SSSR count). The first-order chi connectivity index (χ1) is 12.6. The summed E-state index contributed by atoms with van der Waals surface area (Å²) in [6, 6.07) is 11.2. The summed E-state index contributed by atoms with van der Waals surface area (Å²) >= 11 is 9.49. The van der Waals surface area contributed by atoms with E-state index in [0.29, 0.717) is 29.8 Å². The van der Waals surface area contributed by atoms with Gasteiger partial charge in [0.2, 0.25) is 0 Å². The van der Waals surface area contributed by atoms with E-state index in [9.17, 15) is 4.79 Å². The molecular formula is C19H17BrClN3O2. The molecule has 0 atom stereocenters. The molecule has 7 heteroatoms. The van der Waals surface area contributed by atoms with Gasteiger partial charge in [-0.25, -0.2) is 4.98 Å². The van der Waals surface area contributed by atoms with Crippen molar-refractivity contribution in [1.82, 2.24) is 14.7 Å². The van der Waals surface area contributed by atoms with Crippen molar-refractivity contribution in [2.45, 2.75) is 18.8 Å². The second-order valence-corrected chi connectivity index (χ2v) is 7.61. The second-order valence-electron chi connectivity index (χ2n) is 6.25. The van der Waals surface area contributed by atoms with Gasteiger partial charge in [0.05, 0.1) is 17.3 Å². The van der Waals surface area contributed by atoms with Crippen molar-refractivity contribution in [3.05, 3.63) is 63.5 Å². The third-order valence-corrected chi connectivity index (χ3v) is 5.01. The summed E-state index contributed by atoms with van der Waals surface area (Å²) in [6.07, 6.45) is 3.89. The van der Waals surface area contributed by atoms with Gasteiger partial charge in [-0.3, -0.25) is 9.20 Å². The first-order valence-electron chi connectivity index (χ1n) is 8.46. The van der Waals surface area contributed by atoms with Gasteiger partial charge in [0.15, 0.2) is 0 Å². The predicted octanol–water partition coefficient (Wildman–Crippen LogP) is 4.44. The van der Waals surface area contributed by atoms with Crippen LogP contribution in [0.25, 0.3) is 5.65 Å². The molecule has 2 heterocycles. The van der Waals surface area contributed by atoms with Crippen LogP contribution in [0, 0.1) is 0 Å². The van der Waals surface area contributed by atoms with Gasteiger partial charge in [0, 0.05) is 16.6 Å². The second kappa shape index (κ2) is 7.29. The minimum atomic E-state index is -0.152. The minimum absolute atomic E-state index is 0.152. The summed E-state index contributed by atoms with van der Waals surface area (Å²) in [4.78, 5) is 17.4. The molecule has 1 aliphatic carbocycles. The van der Waals surface area contributed by atoms with Crippen molar-refractivity contribution in [1.29, 1.82) is 0 Å². The number of amides is 1. The zero-order valence-electron chi connectivity index (χ0n) is 13.9. The molecule has 1 fully saturated rings. The molecule has 1 saturated carbocycles. The van der Waals surface area contributed by atoms with Crippen LogP contribution in [0.2, 0.25) is 5.02 Å². The number of carbonyl (C=O) groups excluding carboxylic acids is 1. The van der Waals surface area contributed by atoms with E-state index in [1.165, 1.54) is 0 Å². The van der Waals surface area contributed by atoms with Crippen LogP contribution in [-0.2, 0) is 0 Å². The average Bonchev–Trinajstić information content (AvgIpc) is 3.41. The zero-order chi connectivity index (χ0) is 18.1. The molecule has 1 amide bonds. The SMILES string of the molecule is O=C(NCCOc1ccc(Br)cc1)c1c(C2CC2)nc2ccc(Cl)cn12. The van der Waals surface area contributed by atoms with E-state index in [1.54, 1.807) is 16.7 Å². The van der Waals surface area contributed by atoms with E-state index in [0.717, 1.165) is 34.4 Å². The fourth-order valence-corrected chi connectivity index (χ4v) is 3.28. The number of imidazole rings is 1. The van der Waals surface area contributed by atoms with Gasteiger partial charge in [0.1, 0.15) is 23.7 Å². The summed E-state index contributed by atoms with van der Waals surface area (Å²) in [7, 11) is 0. The van der Waals surface area contributed by atoms with Crippen LogP contribution in [0.3, 0.4) is 0 Å². The van der Waals surface area contributed by atoms with Crippen molar-refractivity contribution in [3.8, 4) is 5.75 Å². The van der Waals surface area contributed by atoms with Crippen molar-refractivity contribution in [3.63, 3.8) is 0 Å². The highest BCUT2D eigenvalue weighted by molar-refractivity contribution is 9.10. The van der Waals surface area contributed by atoms with Gasteiger partial charge >= 0.3 is 0 Å². The smallest absolute Gasteiger partial charge is 0.270 e. The molecule has 1 aromatic carbocycles. The first kappa shape index (κ1) is 17.4. The molecule has 0 spiro atoms. The maximum absolute atomic E-state index is 12.8. The van der Waals surface area contributed by atoms with Crippen LogP contribution >= 0.6 is 27.5 Å². The predicted molar refractivity (Wildman–Crippen MR) is 104 cm³/mol. The Bertz CT molecular complexity index is 951. The summed E-state index contributed by atoms with van der Waals surface area (Å²) in [5.41, 5.74) is 2.18. The van der Waals surface area contributed by atoms with E-state index in [1.807, 2.05) is 30.3 Å². The summed E-state index contributed by atoms with van der Waals surface area (Å²) in [5.74, 6) is 0.984. The van der Waals surface area contributed by atoms with Gasteiger partial charge in [-0.1, -0.05) is 27.5 Å². The summed E-state index contributed by atoms with van der Waals surface area (Å²) < 4.78 is 8.42. The lowest BCUT2D eigenvalue weighted by molar-refractivity contribution is 0.0940. The van der Waals surface area contributed by atoms with Gasteiger partial charge in [-0.05, 0) is 49.2 Å². The topological polar surface area (TPSA) is 55.6 Å². The Morgan fingerprint density at radius 1 is 1.27 bits per heavy atom. The van der Waals surface area contributed by atoms with Gasteiger partial charge in [-0.2, -0.15) is 0 Å². The van der Waals surface area contributed by atoms with Crippen molar-refractivity contribution < 1.29 is 9.53 Å². The van der Waals surface area contributed by atoms with Crippen molar-refractivity contribution in [2.24, 2.45) is 0 Å². The first-order valence-corrected chi connectivity index (χ1v) is 9.63. The number of hydrogen-bond acceptors (Lipinski definition) is 3. The molecule has 0 saturated heterocycles. The molecular weight excluding hydrogens is 418 g/mol. The van der Waals surface area contributed by atoms with Crippen molar-refractivity contribution in [2.75, 3.05) is 13.2 Å². The number of halogens is 2. The highest BCUT2D eigenvalue weighted by atomic mass is 79.9. The molecule has 3 aromatic rings. The molecule has 0 radical (unpaired) electrons. The Labute approximate surface area is 164 Å². The highest BCUT2D eigenvalue weighted by Crippen LogP contribution is 2.41. The quantitative estimate of drug-likeness (QED) is 0.584. The number of pyridine rings is 1. The normalized spacial score (nSPS) is 13.8. The zero-order valence-corrected chi connectivity index (χ0v) is 16.3. The Hall–Kier alpha value is -2.05. The summed E-state index contributed by atoms with van der Waals surface area (Å²) in [5, 5.41) is 3.50.